The lowest BCUT2D eigenvalue weighted by atomic mass is 10.1. The summed E-state index contributed by atoms with van der Waals surface area (Å²) in [5.74, 6) is 0.612. The summed E-state index contributed by atoms with van der Waals surface area (Å²) in [7, 11) is 1.86. The van der Waals surface area contributed by atoms with Crippen LogP contribution >= 0.6 is 0 Å². The number of aryl methyl sites for hydroxylation is 1. The molecule has 2 N–H and O–H groups in total. The number of hydrogen-bond donors (Lipinski definition) is 1. The first kappa shape index (κ1) is 17.2. The van der Waals surface area contributed by atoms with Crippen molar-refractivity contribution in [2.75, 3.05) is 5.73 Å². The smallest absolute Gasteiger partial charge is 0.202 e. The van der Waals surface area contributed by atoms with E-state index in [1.807, 2.05) is 29.9 Å². The van der Waals surface area contributed by atoms with Crippen LogP contribution in [-0.2, 0) is 13.6 Å². The number of rotatable bonds is 4. The molecule has 4 aromatic rings. The number of nitrogens with zero attached hydrogens (tertiary/aromatic N) is 5. The number of imidazole rings is 1. The molecule has 0 amide bonds. The minimum Gasteiger partial charge on any atom is -0.369 e. The Kier molecular flexibility index (Phi) is 4.14. The molecule has 0 fully saturated rings. The fourth-order valence-corrected chi connectivity index (χ4v) is 3.21. The minimum atomic E-state index is -0.274. The Hall–Kier alpha value is -3.22. The van der Waals surface area contributed by atoms with Gasteiger partial charge in [-0.05, 0) is 42.3 Å². The molecule has 7 heteroatoms. The van der Waals surface area contributed by atoms with E-state index in [2.05, 4.69) is 23.9 Å². The molecule has 3 heterocycles. The Morgan fingerprint density at radius 3 is 2.52 bits per heavy atom. The molecule has 0 saturated carbocycles. The predicted octanol–water partition coefficient (Wildman–Crippen LogP) is 3.88. The maximum Gasteiger partial charge on any atom is 0.202 e. The van der Waals surface area contributed by atoms with Gasteiger partial charge in [0.15, 0.2) is 5.65 Å². The van der Waals surface area contributed by atoms with Gasteiger partial charge in [0.2, 0.25) is 5.95 Å². The SMILES string of the molecule is CC(C)Cn1c(N)nc2ccc(-c3cn(C)nc3-c3ccc(F)cc3)nc21. The van der Waals surface area contributed by atoms with Crippen LogP contribution < -0.4 is 5.73 Å². The Labute approximate surface area is 156 Å². The second kappa shape index (κ2) is 6.50. The molecular weight excluding hydrogens is 343 g/mol. The fraction of sp³-hybridized carbons (Fsp3) is 0.250. The zero-order chi connectivity index (χ0) is 19.1. The third kappa shape index (κ3) is 3.16. The third-order valence-electron chi connectivity index (χ3n) is 4.39. The topological polar surface area (TPSA) is 74.6 Å². The van der Waals surface area contributed by atoms with Gasteiger partial charge in [-0.1, -0.05) is 13.8 Å². The molecule has 0 unspecified atom stereocenters. The summed E-state index contributed by atoms with van der Waals surface area (Å²) in [4.78, 5) is 9.24. The lowest BCUT2D eigenvalue weighted by Crippen LogP contribution is -2.08. The summed E-state index contributed by atoms with van der Waals surface area (Å²) in [5, 5.41) is 4.55. The van der Waals surface area contributed by atoms with Gasteiger partial charge in [-0.25, -0.2) is 14.4 Å². The highest BCUT2D eigenvalue weighted by atomic mass is 19.1. The zero-order valence-electron chi connectivity index (χ0n) is 15.5. The third-order valence-corrected chi connectivity index (χ3v) is 4.39. The van der Waals surface area contributed by atoms with Crippen molar-refractivity contribution in [1.29, 1.82) is 0 Å². The van der Waals surface area contributed by atoms with Crippen molar-refractivity contribution in [3.8, 4) is 22.5 Å². The maximum absolute atomic E-state index is 13.3. The van der Waals surface area contributed by atoms with Crippen molar-refractivity contribution in [2.45, 2.75) is 20.4 Å². The van der Waals surface area contributed by atoms with E-state index in [0.29, 0.717) is 11.9 Å². The molecule has 6 nitrogen and oxygen atoms in total. The van der Waals surface area contributed by atoms with Gasteiger partial charge >= 0.3 is 0 Å². The largest absolute Gasteiger partial charge is 0.369 e. The number of benzene rings is 1. The van der Waals surface area contributed by atoms with E-state index in [1.165, 1.54) is 12.1 Å². The Bertz CT molecular complexity index is 1110. The Balaban J connectivity index is 1.86. The van der Waals surface area contributed by atoms with Gasteiger partial charge in [-0.2, -0.15) is 5.10 Å². The number of aromatic nitrogens is 5. The number of halogens is 1. The van der Waals surface area contributed by atoms with Crippen molar-refractivity contribution in [3.63, 3.8) is 0 Å². The summed E-state index contributed by atoms with van der Waals surface area (Å²) >= 11 is 0. The van der Waals surface area contributed by atoms with Gasteiger partial charge in [0.25, 0.3) is 0 Å². The molecule has 4 rings (SSSR count). The summed E-state index contributed by atoms with van der Waals surface area (Å²) < 4.78 is 17.0. The lowest BCUT2D eigenvalue weighted by Gasteiger charge is -2.09. The molecule has 138 valence electrons. The van der Waals surface area contributed by atoms with E-state index >= 15 is 0 Å². The summed E-state index contributed by atoms with van der Waals surface area (Å²) in [6, 6.07) is 10.2. The molecule has 0 saturated heterocycles. The Morgan fingerprint density at radius 2 is 1.81 bits per heavy atom. The van der Waals surface area contributed by atoms with E-state index in [0.717, 1.165) is 40.2 Å². The highest BCUT2D eigenvalue weighted by molar-refractivity contribution is 5.83. The van der Waals surface area contributed by atoms with E-state index in [9.17, 15) is 4.39 Å². The van der Waals surface area contributed by atoms with Crippen LogP contribution in [0.4, 0.5) is 10.3 Å². The van der Waals surface area contributed by atoms with Crippen LogP contribution in [0.2, 0.25) is 0 Å². The van der Waals surface area contributed by atoms with Crippen molar-refractivity contribution in [2.24, 2.45) is 13.0 Å². The van der Waals surface area contributed by atoms with E-state index < -0.39 is 0 Å². The maximum atomic E-state index is 13.3. The highest BCUT2D eigenvalue weighted by Crippen LogP contribution is 2.31. The average Bonchev–Trinajstić information content (AvgIpc) is 3.15. The molecule has 0 spiro atoms. The van der Waals surface area contributed by atoms with Crippen LogP contribution in [0.15, 0.2) is 42.6 Å². The van der Waals surface area contributed by atoms with Crippen molar-refractivity contribution >= 4 is 17.1 Å². The molecule has 0 aliphatic heterocycles. The summed E-state index contributed by atoms with van der Waals surface area (Å²) in [5.41, 5.74) is 10.9. The van der Waals surface area contributed by atoms with Gasteiger partial charge in [0, 0.05) is 30.9 Å². The second-order valence-electron chi connectivity index (χ2n) is 7.09. The first-order valence-electron chi connectivity index (χ1n) is 8.85. The molecule has 0 bridgehead atoms. The van der Waals surface area contributed by atoms with E-state index in [-0.39, 0.29) is 5.82 Å². The van der Waals surface area contributed by atoms with E-state index in [4.69, 9.17) is 10.7 Å². The number of nitrogens with two attached hydrogens (primary N) is 1. The second-order valence-corrected chi connectivity index (χ2v) is 7.09. The van der Waals surface area contributed by atoms with Crippen LogP contribution in [-0.4, -0.2) is 24.3 Å². The number of fused-ring (bicyclic) bond motifs is 1. The van der Waals surface area contributed by atoms with Crippen molar-refractivity contribution in [1.82, 2.24) is 24.3 Å². The predicted molar refractivity (Wildman–Crippen MR) is 104 cm³/mol. The van der Waals surface area contributed by atoms with Gasteiger partial charge in [-0.15, -0.1) is 0 Å². The van der Waals surface area contributed by atoms with Crippen LogP contribution in [0.25, 0.3) is 33.7 Å². The van der Waals surface area contributed by atoms with Crippen LogP contribution in [0, 0.1) is 11.7 Å². The summed E-state index contributed by atoms with van der Waals surface area (Å²) in [6.07, 6.45) is 1.92. The van der Waals surface area contributed by atoms with Crippen molar-refractivity contribution in [3.05, 3.63) is 48.4 Å². The quantitative estimate of drug-likeness (QED) is 0.596. The molecule has 0 atom stereocenters. The highest BCUT2D eigenvalue weighted by Gasteiger charge is 2.17. The molecule has 1 aromatic carbocycles. The van der Waals surface area contributed by atoms with Gasteiger partial charge < -0.3 is 5.73 Å². The van der Waals surface area contributed by atoms with Crippen molar-refractivity contribution < 1.29 is 4.39 Å². The van der Waals surface area contributed by atoms with Gasteiger partial charge in [-0.3, -0.25) is 9.25 Å². The van der Waals surface area contributed by atoms with E-state index in [1.54, 1.807) is 16.8 Å². The molecule has 0 radical (unpaired) electrons. The lowest BCUT2D eigenvalue weighted by molar-refractivity contribution is 0.535. The van der Waals surface area contributed by atoms with Crippen LogP contribution in [0.5, 0.6) is 0 Å². The average molecular weight is 364 g/mol. The molecule has 0 aliphatic rings. The Morgan fingerprint density at radius 1 is 1.07 bits per heavy atom. The molecular formula is C20H21FN6. The summed E-state index contributed by atoms with van der Waals surface area (Å²) in [6.45, 7) is 5.00. The monoisotopic (exact) mass is 364 g/mol. The number of pyridine rings is 1. The number of anilines is 1. The molecule has 0 aliphatic carbocycles. The number of nitrogen functional groups attached to an aromatic ring is 1. The number of hydrogen-bond acceptors (Lipinski definition) is 4. The fourth-order valence-electron chi connectivity index (χ4n) is 3.21. The first-order chi connectivity index (χ1) is 12.9. The first-order valence-corrected chi connectivity index (χ1v) is 8.85. The standard InChI is InChI=1S/C20H21FN6/c1-12(2)10-27-19-17(24-20(27)22)9-8-16(23-19)15-11-26(3)25-18(15)13-4-6-14(21)7-5-13/h4-9,11-12H,10H2,1-3H3,(H2,22,24). The van der Waals surface area contributed by atoms with Gasteiger partial charge in [0.1, 0.15) is 17.0 Å². The molecule has 3 aromatic heterocycles. The van der Waals surface area contributed by atoms with Crippen LogP contribution in [0.3, 0.4) is 0 Å². The zero-order valence-corrected chi connectivity index (χ0v) is 15.5. The van der Waals surface area contributed by atoms with Gasteiger partial charge in [0.05, 0.1) is 5.69 Å². The molecule has 27 heavy (non-hydrogen) atoms. The minimum absolute atomic E-state index is 0.274. The normalized spacial score (nSPS) is 11.6. The van der Waals surface area contributed by atoms with Crippen LogP contribution in [0.1, 0.15) is 13.8 Å².